The zero-order valence-corrected chi connectivity index (χ0v) is 32.4. The van der Waals surface area contributed by atoms with Gasteiger partial charge in [-0.1, -0.05) is 100 Å². The second-order valence-electron chi connectivity index (χ2n) is 15.5. The van der Waals surface area contributed by atoms with E-state index in [0.29, 0.717) is 25.4 Å². The van der Waals surface area contributed by atoms with Gasteiger partial charge in [-0.2, -0.15) is 0 Å². The molecule has 3 aromatic rings. The summed E-state index contributed by atoms with van der Waals surface area (Å²) in [6.07, 6.45) is 5.73. The number of amides is 3. The van der Waals surface area contributed by atoms with Gasteiger partial charge in [0, 0.05) is 39.0 Å². The molecule has 4 atom stereocenters. The maximum atomic E-state index is 14.9. The molecule has 0 spiro atoms. The van der Waals surface area contributed by atoms with Crippen LogP contribution in [0.3, 0.4) is 0 Å². The monoisotopic (exact) mass is 720 g/mol. The Bertz CT molecular complexity index is 1570. The van der Waals surface area contributed by atoms with Gasteiger partial charge in [-0.15, -0.1) is 0 Å². The van der Waals surface area contributed by atoms with E-state index in [-0.39, 0.29) is 37.1 Å². The second-order valence-corrected chi connectivity index (χ2v) is 15.5. The topological polar surface area (TPSA) is 93.2 Å². The van der Waals surface area contributed by atoms with Crippen molar-refractivity contribution in [3.05, 3.63) is 106 Å². The summed E-state index contributed by atoms with van der Waals surface area (Å²) >= 11 is 0. The van der Waals surface area contributed by atoms with Crippen molar-refractivity contribution in [2.24, 2.45) is 5.92 Å². The number of aliphatic hydroxyl groups excluding tert-OH is 1. The molecule has 0 aliphatic carbocycles. The lowest BCUT2D eigenvalue weighted by Gasteiger charge is -2.38. The number of piperidine rings is 1. The van der Waals surface area contributed by atoms with Crippen LogP contribution in [-0.2, 0) is 39.1 Å². The number of aliphatic hydroxyl groups is 1. The molecule has 6 rings (SSSR count). The Kier molecular flexibility index (Phi) is 12.7. The minimum absolute atomic E-state index is 0.0873. The average molecular weight is 721 g/mol. The molecule has 0 saturated carbocycles. The van der Waals surface area contributed by atoms with Crippen LogP contribution in [0, 0.1) is 5.92 Å². The van der Waals surface area contributed by atoms with E-state index in [2.05, 4.69) is 111 Å². The van der Waals surface area contributed by atoms with Gasteiger partial charge in [-0.25, -0.2) is 0 Å². The van der Waals surface area contributed by atoms with Gasteiger partial charge >= 0.3 is 0 Å². The number of nitrogens with zero attached hydrogens (tertiary/aromatic N) is 3. The van der Waals surface area contributed by atoms with E-state index in [1.165, 1.54) is 16.7 Å². The van der Waals surface area contributed by atoms with Crippen LogP contribution in [0.25, 0.3) is 0 Å². The van der Waals surface area contributed by atoms with E-state index in [1.807, 2.05) is 0 Å². The van der Waals surface area contributed by atoms with Gasteiger partial charge < -0.3 is 25.1 Å². The third-order valence-corrected chi connectivity index (χ3v) is 12.3. The van der Waals surface area contributed by atoms with Crippen LogP contribution >= 0.6 is 0 Å². The molecule has 3 amide bonds. The molecule has 3 heterocycles. The van der Waals surface area contributed by atoms with E-state index in [0.717, 1.165) is 74.8 Å². The van der Waals surface area contributed by atoms with E-state index in [1.54, 1.807) is 9.80 Å². The summed E-state index contributed by atoms with van der Waals surface area (Å²) in [5, 5.41) is 14.2. The van der Waals surface area contributed by atoms with Crippen molar-refractivity contribution >= 4 is 17.7 Å². The number of aryl methyl sites for hydroxylation is 3. The van der Waals surface area contributed by atoms with Crippen molar-refractivity contribution in [1.29, 1.82) is 0 Å². The lowest BCUT2D eigenvalue weighted by molar-refractivity contribution is -0.146. The molecule has 0 aromatic heterocycles. The zero-order chi connectivity index (χ0) is 37.5. The summed E-state index contributed by atoms with van der Waals surface area (Å²) in [6.45, 7) is 12.9. The van der Waals surface area contributed by atoms with Crippen molar-refractivity contribution in [3.8, 4) is 0 Å². The average Bonchev–Trinajstić information content (AvgIpc) is 3.86. The predicted octanol–water partition coefficient (Wildman–Crippen LogP) is 5.90. The number of rotatable bonds is 13. The first kappa shape index (κ1) is 38.7. The van der Waals surface area contributed by atoms with E-state index >= 15 is 0 Å². The van der Waals surface area contributed by atoms with Crippen LogP contribution < -0.4 is 5.32 Å². The van der Waals surface area contributed by atoms with Gasteiger partial charge in [-0.05, 0) is 97.3 Å². The number of hydrogen-bond donors (Lipinski definition) is 2. The largest absolute Gasteiger partial charge is 0.391 e. The molecule has 8 heteroatoms. The first-order valence-corrected chi connectivity index (χ1v) is 20.3. The fourth-order valence-corrected chi connectivity index (χ4v) is 9.00. The van der Waals surface area contributed by atoms with Crippen LogP contribution in [0.1, 0.15) is 99.6 Å². The van der Waals surface area contributed by atoms with Crippen LogP contribution in [0.4, 0.5) is 0 Å². The van der Waals surface area contributed by atoms with Crippen molar-refractivity contribution < 1.29 is 19.5 Å². The van der Waals surface area contributed by atoms with Gasteiger partial charge in [0.25, 0.3) is 0 Å². The van der Waals surface area contributed by atoms with Gasteiger partial charge in [-0.3, -0.25) is 14.4 Å². The fraction of sp³-hybridized carbons (Fsp3) is 0.533. The lowest BCUT2D eigenvalue weighted by atomic mass is 9.66. The summed E-state index contributed by atoms with van der Waals surface area (Å²) in [5.41, 5.74) is 5.84. The van der Waals surface area contributed by atoms with Crippen LogP contribution in [0.15, 0.2) is 72.8 Å². The minimum Gasteiger partial charge on any atom is -0.391 e. The maximum absolute atomic E-state index is 14.9. The Hall–Kier alpha value is -4.01. The molecule has 3 saturated heterocycles. The molecule has 3 fully saturated rings. The highest BCUT2D eigenvalue weighted by Gasteiger charge is 2.47. The molecule has 53 heavy (non-hydrogen) atoms. The Balaban J connectivity index is 1.29. The Morgan fingerprint density at radius 3 is 1.74 bits per heavy atom. The quantitative estimate of drug-likeness (QED) is 0.215. The number of carbonyl (C=O) groups is 3. The Morgan fingerprint density at radius 1 is 0.698 bits per heavy atom. The lowest BCUT2D eigenvalue weighted by Crippen LogP contribution is -2.54. The van der Waals surface area contributed by atoms with Gasteiger partial charge in [0.1, 0.15) is 12.1 Å². The SMILES string of the molecule is CCc1ccc(C(CC(=O)N2C[C@H](O)C[C@H]2C(=O)N2CCC[C@@H]2C(=O)NC[C@H]2CCCN(CC)C2)(c2ccc(CC)cc2)c2ccc(CC)cc2)cc1. The van der Waals surface area contributed by atoms with E-state index in [4.69, 9.17) is 0 Å². The number of hydrogen-bond acceptors (Lipinski definition) is 5. The van der Waals surface area contributed by atoms with Crippen molar-refractivity contribution in [2.45, 2.75) is 109 Å². The number of benzene rings is 3. The molecule has 0 bridgehead atoms. The minimum atomic E-state index is -0.842. The van der Waals surface area contributed by atoms with Crippen molar-refractivity contribution in [1.82, 2.24) is 20.0 Å². The van der Waals surface area contributed by atoms with Gasteiger partial charge in [0.05, 0.1) is 11.5 Å². The molecular weight excluding hydrogens is 661 g/mol. The molecule has 284 valence electrons. The highest BCUT2D eigenvalue weighted by atomic mass is 16.3. The predicted molar refractivity (Wildman–Crippen MR) is 211 cm³/mol. The molecular formula is C45H60N4O4. The summed E-state index contributed by atoms with van der Waals surface area (Å²) in [5.74, 6) is -0.121. The number of likely N-dealkylation sites (tertiary alicyclic amines) is 3. The molecule has 3 aliphatic rings. The number of β-amino-alcohol motifs (C(OH)–C–C–N with tert-alkyl or cyclic N) is 1. The normalized spacial score (nSPS) is 22.3. The third kappa shape index (κ3) is 8.39. The molecule has 2 N–H and O–H groups in total. The first-order chi connectivity index (χ1) is 25.7. The van der Waals surface area contributed by atoms with E-state index in [9.17, 15) is 19.5 Å². The molecule has 3 aromatic carbocycles. The Morgan fingerprint density at radius 2 is 1.23 bits per heavy atom. The van der Waals surface area contributed by atoms with Crippen LogP contribution in [0.5, 0.6) is 0 Å². The van der Waals surface area contributed by atoms with E-state index < -0.39 is 23.6 Å². The molecule has 8 nitrogen and oxygen atoms in total. The second kappa shape index (κ2) is 17.4. The summed E-state index contributed by atoms with van der Waals surface area (Å²) < 4.78 is 0. The molecule has 3 aliphatic heterocycles. The molecule has 0 radical (unpaired) electrons. The van der Waals surface area contributed by atoms with Crippen molar-refractivity contribution in [3.63, 3.8) is 0 Å². The summed E-state index contributed by atoms with van der Waals surface area (Å²) in [7, 11) is 0. The fourth-order valence-electron chi connectivity index (χ4n) is 9.00. The third-order valence-electron chi connectivity index (χ3n) is 12.3. The van der Waals surface area contributed by atoms with Gasteiger partial charge in [0.15, 0.2) is 0 Å². The maximum Gasteiger partial charge on any atom is 0.246 e. The Labute approximate surface area is 316 Å². The van der Waals surface area contributed by atoms with Gasteiger partial charge in [0.2, 0.25) is 17.7 Å². The first-order valence-electron chi connectivity index (χ1n) is 20.3. The number of carbonyl (C=O) groups excluding carboxylic acids is 3. The highest BCUT2D eigenvalue weighted by molar-refractivity contribution is 5.93. The van der Waals surface area contributed by atoms with Crippen LogP contribution in [0.2, 0.25) is 0 Å². The van der Waals surface area contributed by atoms with Crippen LogP contribution in [-0.4, -0.2) is 95.0 Å². The smallest absolute Gasteiger partial charge is 0.246 e. The highest BCUT2D eigenvalue weighted by Crippen LogP contribution is 2.44. The summed E-state index contributed by atoms with van der Waals surface area (Å²) in [4.78, 5) is 48.7. The zero-order valence-electron chi connectivity index (χ0n) is 32.4. The molecule has 0 unspecified atom stereocenters. The van der Waals surface area contributed by atoms with Crippen molar-refractivity contribution in [2.75, 3.05) is 39.3 Å². The standard InChI is InChI=1S/C45H60N4O4/c1-5-32-13-19-36(20-14-32)45(37-21-15-33(6-2)16-22-37,38-23-17-34(7-3)18-24-38)28-42(51)49-31-39(50)27-41(49)44(53)48-26-10-12-40(48)43(52)46-29-35-11-9-25-47(8-4)30-35/h13-24,35,39-41,50H,5-12,25-31H2,1-4H3,(H,46,52)/t35-,39-,40-,41+/m1/s1. The summed E-state index contributed by atoms with van der Waals surface area (Å²) in [6, 6.07) is 24.4. The number of nitrogens with one attached hydrogen (secondary N) is 1.